The first-order valence-electron chi connectivity index (χ1n) is 6.80. The molecule has 0 spiro atoms. The molecule has 0 radical (unpaired) electrons. The van der Waals surface area contributed by atoms with Crippen molar-refractivity contribution >= 4 is 27.4 Å². The van der Waals surface area contributed by atoms with Gasteiger partial charge in [0.1, 0.15) is 5.82 Å². The first-order valence-corrected chi connectivity index (χ1v) is 7.59. The number of para-hydroxylation sites is 1. The Morgan fingerprint density at radius 2 is 1.90 bits per heavy atom. The molecule has 0 fully saturated rings. The molecule has 2 rings (SSSR count). The molecule has 2 aromatic rings. The second-order valence-corrected chi connectivity index (χ2v) is 5.66. The molecule has 0 saturated heterocycles. The normalized spacial score (nSPS) is 10.3. The van der Waals surface area contributed by atoms with E-state index in [0.717, 1.165) is 35.5 Å². The summed E-state index contributed by atoms with van der Waals surface area (Å²) in [5.74, 6) is 0.938. The van der Waals surface area contributed by atoms with Gasteiger partial charge in [0, 0.05) is 30.3 Å². The number of aryl methyl sites for hydroxylation is 1. The minimum atomic E-state index is 0.922. The van der Waals surface area contributed by atoms with Gasteiger partial charge in [-0.2, -0.15) is 0 Å². The Morgan fingerprint density at radius 3 is 2.60 bits per heavy atom. The van der Waals surface area contributed by atoms with Crippen molar-refractivity contribution in [1.29, 1.82) is 0 Å². The summed E-state index contributed by atoms with van der Waals surface area (Å²) in [5, 5.41) is 3.36. The van der Waals surface area contributed by atoms with Crippen molar-refractivity contribution in [2.24, 2.45) is 0 Å². The average molecular weight is 334 g/mol. The number of benzene rings is 1. The number of aromatic nitrogens is 1. The Bertz CT molecular complexity index is 543. The van der Waals surface area contributed by atoms with Gasteiger partial charge >= 0.3 is 0 Å². The second kappa shape index (κ2) is 7.29. The summed E-state index contributed by atoms with van der Waals surface area (Å²) in [7, 11) is 2.12. The number of anilines is 2. The molecule has 0 aliphatic rings. The largest absolute Gasteiger partial charge is 0.375 e. The molecule has 1 aromatic heterocycles. The standard InChI is InChI=1S/C16H20BrN3/c1-13-15(17)9-10-16(19-13)18-11-6-12-20(2)14-7-4-3-5-8-14/h3-5,7-10H,6,11-12H2,1-2H3,(H,18,19). The highest BCUT2D eigenvalue weighted by molar-refractivity contribution is 9.10. The highest BCUT2D eigenvalue weighted by atomic mass is 79.9. The number of pyridine rings is 1. The molecule has 4 heteroatoms. The molecule has 0 unspecified atom stereocenters. The molecular weight excluding hydrogens is 314 g/mol. The summed E-state index contributed by atoms with van der Waals surface area (Å²) in [5.41, 5.74) is 2.27. The van der Waals surface area contributed by atoms with Gasteiger partial charge in [0.05, 0.1) is 5.69 Å². The highest BCUT2D eigenvalue weighted by Gasteiger charge is 2.01. The maximum Gasteiger partial charge on any atom is 0.126 e. The van der Waals surface area contributed by atoms with Gasteiger partial charge in [-0.05, 0) is 53.5 Å². The molecule has 0 bridgehead atoms. The van der Waals surface area contributed by atoms with Crippen molar-refractivity contribution in [2.75, 3.05) is 30.4 Å². The summed E-state index contributed by atoms with van der Waals surface area (Å²) in [6.07, 6.45) is 1.07. The lowest BCUT2D eigenvalue weighted by atomic mass is 10.3. The highest BCUT2D eigenvalue weighted by Crippen LogP contribution is 2.16. The van der Waals surface area contributed by atoms with E-state index in [2.05, 4.69) is 62.4 Å². The number of hydrogen-bond donors (Lipinski definition) is 1. The Labute approximate surface area is 129 Å². The van der Waals surface area contributed by atoms with Crippen LogP contribution in [0.1, 0.15) is 12.1 Å². The molecule has 1 N–H and O–H groups in total. The minimum absolute atomic E-state index is 0.922. The predicted molar refractivity (Wildman–Crippen MR) is 89.5 cm³/mol. The topological polar surface area (TPSA) is 28.2 Å². The zero-order valence-corrected chi connectivity index (χ0v) is 13.5. The number of nitrogens with zero attached hydrogens (tertiary/aromatic N) is 2. The van der Waals surface area contributed by atoms with Crippen LogP contribution < -0.4 is 10.2 Å². The van der Waals surface area contributed by atoms with Crippen LogP contribution in [0.2, 0.25) is 0 Å². The van der Waals surface area contributed by atoms with Crippen molar-refractivity contribution in [3.63, 3.8) is 0 Å². The summed E-state index contributed by atoms with van der Waals surface area (Å²) in [4.78, 5) is 6.74. The molecule has 0 aliphatic carbocycles. The van der Waals surface area contributed by atoms with E-state index in [0.29, 0.717) is 0 Å². The summed E-state index contributed by atoms with van der Waals surface area (Å²) in [6, 6.07) is 14.5. The van der Waals surface area contributed by atoms with Gasteiger partial charge in [-0.25, -0.2) is 4.98 Å². The number of hydrogen-bond acceptors (Lipinski definition) is 3. The Balaban J connectivity index is 1.75. The Morgan fingerprint density at radius 1 is 1.15 bits per heavy atom. The van der Waals surface area contributed by atoms with Crippen molar-refractivity contribution in [1.82, 2.24) is 4.98 Å². The molecule has 0 atom stereocenters. The van der Waals surface area contributed by atoms with E-state index in [9.17, 15) is 0 Å². The minimum Gasteiger partial charge on any atom is -0.375 e. The fraction of sp³-hybridized carbons (Fsp3) is 0.312. The lowest BCUT2D eigenvalue weighted by Gasteiger charge is -2.19. The maximum atomic E-state index is 4.48. The Kier molecular flexibility index (Phi) is 5.41. The van der Waals surface area contributed by atoms with E-state index in [1.807, 2.05) is 25.1 Å². The van der Waals surface area contributed by atoms with E-state index in [1.54, 1.807) is 0 Å². The smallest absolute Gasteiger partial charge is 0.126 e. The fourth-order valence-electron chi connectivity index (χ4n) is 1.99. The van der Waals surface area contributed by atoms with Crippen LogP contribution in [0.5, 0.6) is 0 Å². The van der Waals surface area contributed by atoms with Crippen LogP contribution in [0, 0.1) is 6.92 Å². The van der Waals surface area contributed by atoms with Crippen LogP contribution in [0.25, 0.3) is 0 Å². The SMILES string of the molecule is Cc1nc(NCCCN(C)c2ccccc2)ccc1Br. The average Bonchev–Trinajstić information content (AvgIpc) is 2.48. The van der Waals surface area contributed by atoms with E-state index in [-0.39, 0.29) is 0 Å². The summed E-state index contributed by atoms with van der Waals surface area (Å²) < 4.78 is 1.05. The van der Waals surface area contributed by atoms with Gasteiger partial charge < -0.3 is 10.2 Å². The van der Waals surface area contributed by atoms with Gasteiger partial charge in [0.15, 0.2) is 0 Å². The van der Waals surface area contributed by atoms with Crippen LogP contribution in [0.15, 0.2) is 46.9 Å². The van der Waals surface area contributed by atoms with Crippen molar-refractivity contribution in [2.45, 2.75) is 13.3 Å². The molecule has 20 heavy (non-hydrogen) atoms. The van der Waals surface area contributed by atoms with E-state index in [4.69, 9.17) is 0 Å². The zero-order valence-electron chi connectivity index (χ0n) is 11.9. The maximum absolute atomic E-state index is 4.48. The van der Waals surface area contributed by atoms with Gasteiger partial charge in [0.2, 0.25) is 0 Å². The van der Waals surface area contributed by atoms with E-state index in [1.165, 1.54) is 5.69 Å². The third kappa shape index (κ3) is 4.23. The molecular formula is C16H20BrN3. The first-order chi connectivity index (χ1) is 9.66. The van der Waals surface area contributed by atoms with Crippen LogP contribution >= 0.6 is 15.9 Å². The number of nitrogens with one attached hydrogen (secondary N) is 1. The van der Waals surface area contributed by atoms with Gasteiger partial charge in [-0.1, -0.05) is 18.2 Å². The summed E-state index contributed by atoms with van der Waals surface area (Å²) in [6.45, 7) is 3.94. The van der Waals surface area contributed by atoms with Gasteiger partial charge in [-0.15, -0.1) is 0 Å². The third-order valence-electron chi connectivity index (χ3n) is 3.19. The predicted octanol–water partition coefficient (Wildman–Crippen LogP) is 4.09. The van der Waals surface area contributed by atoms with Crippen molar-refractivity contribution < 1.29 is 0 Å². The Hall–Kier alpha value is -1.55. The monoisotopic (exact) mass is 333 g/mol. The van der Waals surface area contributed by atoms with Gasteiger partial charge in [0.25, 0.3) is 0 Å². The molecule has 0 aliphatic heterocycles. The first kappa shape index (κ1) is 14.9. The number of rotatable bonds is 6. The number of halogens is 1. The quantitative estimate of drug-likeness (QED) is 0.807. The van der Waals surface area contributed by atoms with Gasteiger partial charge in [-0.3, -0.25) is 0 Å². The molecule has 0 amide bonds. The molecule has 0 saturated carbocycles. The molecule has 1 heterocycles. The van der Waals surface area contributed by atoms with Crippen LogP contribution in [0.3, 0.4) is 0 Å². The second-order valence-electron chi connectivity index (χ2n) is 4.80. The van der Waals surface area contributed by atoms with Crippen molar-refractivity contribution in [3.8, 4) is 0 Å². The van der Waals surface area contributed by atoms with E-state index >= 15 is 0 Å². The molecule has 1 aromatic carbocycles. The fourth-order valence-corrected chi connectivity index (χ4v) is 2.21. The lowest BCUT2D eigenvalue weighted by Crippen LogP contribution is -2.20. The lowest BCUT2D eigenvalue weighted by molar-refractivity contribution is 0.814. The van der Waals surface area contributed by atoms with Crippen LogP contribution in [0.4, 0.5) is 11.5 Å². The van der Waals surface area contributed by atoms with E-state index < -0.39 is 0 Å². The summed E-state index contributed by atoms with van der Waals surface area (Å²) >= 11 is 3.46. The molecule has 106 valence electrons. The van der Waals surface area contributed by atoms with Crippen LogP contribution in [-0.2, 0) is 0 Å². The van der Waals surface area contributed by atoms with Crippen LogP contribution in [-0.4, -0.2) is 25.1 Å². The molecule has 3 nitrogen and oxygen atoms in total. The zero-order chi connectivity index (χ0) is 14.4. The van der Waals surface area contributed by atoms with Crippen molar-refractivity contribution in [3.05, 3.63) is 52.6 Å². The third-order valence-corrected chi connectivity index (χ3v) is 4.03.